The van der Waals surface area contributed by atoms with Gasteiger partial charge in [0.05, 0.1) is 16.6 Å². The summed E-state index contributed by atoms with van der Waals surface area (Å²) in [5.74, 6) is -0.987. The van der Waals surface area contributed by atoms with Crippen LogP contribution in [-0.2, 0) is 11.8 Å². The molecule has 2 aromatic heterocycles. The normalized spacial score (nSPS) is 18.9. The zero-order valence-electron chi connectivity index (χ0n) is 18.3. The van der Waals surface area contributed by atoms with Crippen LogP contribution in [0.1, 0.15) is 74.1 Å². The van der Waals surface area contributed by atoms with Gasteiger partial charge in [-0.2, -0.15) is 10.1 Å². The fourth-order valence-electron chi connectivity index (χ4n) is 3.95. The molecule has 3 rings (SSSR count). The van der Waals surface area contributed by atoms with E-state index in [1.54, 1.807) is 38.6 Å². The second kappa shape index (κ2) is 8.41. The number of carbonyl (C=O) groups is 3. The Balaban J connectivity index is 1.77. The molecule has 1 saturated heterocycles. The average molecular weight is 415 g/mol. The highest BCUT2D eigenvalue weighted by molar-refractivity contribution is 6.11. The van der Waals surface area contributed by atoms with Crippen LogP contribution in [0.5, 0.6) is 0 Å². The van der Waals surface area contributed by atoms with Crippen LogP contribution in [0.3, 0.4) is 0 Å². The number of aryl methyl sites for hydroxylation is 3. The number of nitrogens with zero attached hydrogens (tertiary/aromatic N) is 4. The summed E-state index contributed by atoms with van der Waals surface area (Å²) in [7, 11) is 1.76. The number of nitrogens with one attached hydrogen (secondary N) is 2. The molecule has 0 spiro atoms. The molecule has 0 aromatic carbocycles. The number of rotatable bonds is 8. The van der Waals surface area contributed by atoms with Crippen molar-refractivity contribution in [2.75, 3.05) is 0 Å². The topological polar surface area (TPSA) is 109 Å². The lowest BCUT2D eigenvalue weighted by molar-refractivity contribution is -0.132. The Morgan fingerprint density at radius 3 is 2.60 bits per heavy atom. The maximum Gasteiger partial charge on any atom is 0.344 e. The first kappa shape index (κ1) is 21.7. The number of carbonyl (C=O) groups excluding carboxylic acids is 3. The molecule has 1 aliphatic rings. The number of fused-ring (bicyclic) bond motifs is 1. The number of imide groups is 1. The predicted octanol–water partition coefficient (Wildman–Crippen LogP) is 2.90. The zero-order chi connectivity index (χ0) is 22.1. The molecule has 30 heavy (non-hydrogen) atoms. The lowest BCUT2D eigenvalue weighted by Gasteiger charge is -2.21. The van der Waals surface area contributed by atoms with E-state index in [1.807, 2.05) is 0 Å². The van der Waals surface area contributed by atoms with Crippen molar-refractivity contribution in [3.05, 3.63) is 23.0 Å². The molecule has 0 bridgehead atoms. The quantitative estimate of drug-likeness (QED) is 0.510. The van der Waals surface area contributed by atoms with Gasteiger partial charge in [0.15, 0.2) is 5.65 Å². The summed E-state index contributed by atoms with van der Waals surface area (Å²) in [6.07, 6.45) is 5.79. The highest BCUT2D eigenvalue weighted by atomic mass is 16.2. The van der Waals surface area contributed by atoms with E-state index in [1.165, 1.54) is 0 Å². The summed E-state index contributed by atoms with van der Waals surface area (Å²) in [6, 6.07) is 1.02. The van der Waals surface area contributed by atoms with Gasteiger partial charge >= 0.3 is 6.03 Å². The van der Waals surface area contributed by atoms with Crippen molar-refractivity contribution in [3.63, 3.8) is 0 Å². The second-order valence-electron chi connectivity index (χ2n) is 8.23. The number of hydrogen-bond donors (Lipinski definition) is 2. The summed E-state index contributed by atoms with van der Waals surface area (Å²) in [5, 5.41) is 8.46. The van der Waals surface area contributed by atoms with Gasteiger partial charge in [-0.05, 0) is 33.3 Å². The first-order valence-corrected chi connectivity index (χ1v) is 10.5. The van der Waals surface area contributed by atoms with Crippen molar-refractivity contribution >= 4 is 28.9 Å². The van der Waals surface area contributed by atoms with Crippen molar-refractivity contribution in [3.8, 4) is 0 Å². The summed E-state index contributed by atoms with van der Waals surface area (Å²) in [4.78, 5) is 42.8. The molecule has 2 aromatic rings. The van der Waals surface area contributed by atoms with Crippen LogP contribution < -0.4 is 10.7 Å². The number of aromatic nitrogens is 3. The summed E-state index contributed by atoms with van der Waals surface area (Å²) >= 11 is 0. The fourth-order valence-corrected chi connectivity index (χ4v) is 3.95. The maximum absolute atomic E-state index is 13.0. The van der Waals surface area contributed by atoms with Crippen LogP contribution in [0.15, 0.2) is 6.07 Å². The molecule has 1 fully saturated rings. The van der Waals surface area contributed by atoms with Crippen molar-refractivity contribution in [1.29, 1.82) is 0 Å². The fraction of sp³-hybridized carbons (Fsp3) is 0.571. The van der Waals surface area contributed by atoms with Crippen LogP contribution in [0, 0.1) is 13.8 Å². The summed E-state index contributed by atoms with van der Waals surface area (Å²) in [5.41, 5.74) is 3.68. The third-order valence-corrected chi connectivity index (χ3v) is 5.60. The van der Waals surface area contributed by atoms with Crippen LogP contribution in [0.4, 0.5) is 4.79 Å². The Labute approximate surface area is 176 Å². The number of amides is 4. The minimum atomic E-state index is -1.01. The molecule has 0 radical (unpaired) electrons. The van der Waals surface area contributed by atoms with E-state index in [0.29, 0.717) is 34.4 Å². The van der Waals surface area contributed by atoms with Crippen LogP contribution >= 0.6 is 0 Å². The van der Waals surface area contributed by atoms with Crippen LogP contribution in [0.2, 0.25) is 0 Å². The zero-order valence-corrected chi connectivity index (χ0v) is 18.3. The van der Waals surface area contributed by atoms with Gasteiger partial charge in [-0.3, -0.25) is 19.7 Å². The summed E-state index contributed by atoms with van der Waals surface area (Å²) in [6.45, 7) is 7.42. The van der Waals surface area contributed by atoms with Crippen molar-refractivity contribution in [2.45, 2.75) is 71.8 Å². The second-order valence-corrected chi connectivity index (χ2v) is 8.23. The van der Waals surface area contributed by atoms with Crippen LogP contribution in [0.25, 0.3) is 11.0 Å². The molecule has 9 heteroatoms. The van der Waals surface area contributed by atoms with Gasteiger partial charge in [0, 0.05) is 12.7 Å². The lowest BCUT2D eigenvalue weighted by atomic mass is 9.94. The van der Waals surface area contributed by atoms with Gasteiger partial charge in [0.25, 0.3) is 11.8 Å². The Morgan fingerprint density at radius 2 is 1.90 bits per heavy atom. The highest BCUT2D eigenvalue weighted by Gasteiger charge is 2.48. The molecule has 2 N–H and O–H groups in total. The maximum atomic E-state index is 13.0. The molecular weight excluding hydrogens is 384 g/mol. The van der Waals surface area contributed by atoms with Gasteiger partial charge in [-0.1, -0.05) is 39.0 Å². The van der Waals surface area contributed by atoms with Crippen LogP contribution in [-0.4, -0.2) is 43.2 Å². The van der Waals surface area contributed by atoms with Gasteiger partial charge < -0.3 is 5.32 Å². The Morgan fingerprint density at radius 1 is 1.20 bits per heavy atom. The molecule has 1 atom stereocenters. The molecular formula is C21H30N6O3. The molecule has 4 amide bonds. The Hall–Kier alpha value is -2.97. The van der Waals surface area contributed by atoms with Crippen molar-refractivity contribution in [1.82, 2.24) is 30.5 Å². The standard InChI is InChI=1S/C21H30N6O3/c1-6-7-8-9-10-11-21(4)19(29)27(20(30)23-21)25-18(28)15-12-13(2)22-17-16(15)14(3)24-26(17)5/h12H,6-11H2,1-5H3,(H,23,30)(H,25,28)/t21-/m1/s1. The first-order valence-electron chi connectivity index (χ1n) is 10.5. The van der Waals surface area contributed by atoms with Crippen molar-refractivity contribution < 1.29 is 14.4 Å². The average Bonchev–Trinajstić information content (AvgIpc) is 3.08. The first-order chi connectivity index (χ1) is 14.2. The van der Waals surface area contributed by atoms with Gasteiger partial charge in [-0.25, -0.2) is 9.78 Å². The number of urea groups is 1. The van der Waals surface area contributed by atoms with E-state index in [-0.39, 0.29) is 0 Å². The van der Waals surface area contributed by atoms with E-state index in [2.05, 4.69) is 27.7 Å². The third-order valence-electron chi connectivity index (χ3n) is 5.60. The molecule has 0 saturated carbocycles. The number of unbranched alkanes of at least 4 members (excludes halogenated alkanes) is 4. The minimum Gasteiger partial charge on any atom is -0.322 e. The predicted molar refractivity (Wildman–Crippen MR) is 113 cm³/mol. The largest absolute Gasteiger partial charge is 0.344 e. The van der Waals surface area contributed by atoms with Crippen molar-refractivity contribution in [2.24, 2.45) is 7.05 Å². The van der Waals surface area contributed by atoms with E-state index in [9.17, 15) is 14.4 Å². The number of pyridine rings is 1. The molecule has 0 unspecified atom stereocenters. The molecule has 9 nitrogen and oxygen atoms in total. The van der Waals surface area contributed by atoms with Gasteiger partial charge in [-0.15, -0.1) is 0 Å². The Bertz CT molecular complexity index is 998. The SMILES string of the molecule is CCCCCCC[C@@]1(C)NC(=O)N(NC(=O)c2cc(C)nc3c2c(C)nn3C)C1=O. The Kier molecular flexibility index (Phi) is 6.09. The van der Waals surface area contributed by atoms with E-state index < -0.39 is 23.4 Å². The third kappa shape index (κ3) is 4.01. The number of hydrazine groups is 1. The molecule has 162 valence electrons. The molecule has 1 aliphatic heterocycles. The van der Waals surface area contributed by atoms with E-state index in [0.717, 1.165) is 37.1 Å². The molecule has 3 heterocycles. The van der Waals surface area contributed by atoms with E-state index >= 15 is 0 Å². The number of hydrogen-bond acceptors (Lipinski definition) is 5. The van der Waals surface area contributed by atoms with Gasteiger partial charge in [0.1, 0.15) is 5.54 Å². The lowest BCUT2D eigenvalue weighted by Crippen LogP contribution is -2.48. The highest BCUT2D eigenvalue weighted by Crippen LogP contribution is 2.25. The summed E-state index contributed by atoms with van der Waals surface area (Å²) < 4.78 is 1.61. The van der Waals surface area contributed by atoms with Gasteiger partial charge in [0.2, 0.25) is 0 Å². The smallest absolute Gasteiger partial charge is 0.322 e. The monoisotopic (exact) mass is 414 g/mol. The minimum absolute atomic E-state index is 0.330. The molecule has 0 aliphatic carbocycles. The van der Waals surface area contributed by atoms with E-state index in [4.69, 9.17) is 0 Å².